The zero-order chi connectivity index (χ0) is 24.5. The summed E-state index contributed by atoms with van der Waals surface area (Å²) in [6.07, 6.45) is 0.350. The van der Waals surface area contributed by atoms with Gasteiger partial charge in [-0.3, -0.25) is 9.59 Å². The molecule has 178 valence electrons. The lowest BCUT2D eigenvalue weighted by Crippen LogP contribution is -2.51. The Morgan fingerprint density at radius 3 is 2.32 bits per heavy atom. The quantitative estimate of drug-likeness (QED) is 0.479. The summed E-state index contributed by atoms with van der Waals surface area (Å²) in [5.74, 6) is -0.289. The zero-order valence-electron chi connectivity index (χ0n) is 19.9. The maximum atomic E-state index is 13.5. The van der Waals surface area contributed by atoms with Crippen LogP contribution in [-0.4, -0.2) is 35.9 Å². The number of aryl methyl sites for hydroxylation is 1. The summed E-state index contributed by atoms with van der Waals surface area (Å²) in [5, 5.41) is 2.85. The fourth-order valence-electron chi connectivity index (χ4n) is 3.74. The van der Waals surface area contributed by atoms with Crippen molar-refractivity contribution in [3.63, 3.8) is 0 Å². The Labute approximate surface area is 200 Å². The number of hydrogen-bond donors (Lipinski definition) is 1. The minimum absolute atomic E-state index is 0.157. The number of halogens is 1. The molecule has 0 heterocycles. The monoisotopic (exact) mass is 462 g/mol. The molecule has 0 saturated carbocycles. The Hall–Kier alpha value is -3.67. The van der Waals surface area contributed by atoms with Gasteiger partial charge in [-0.2, -0.15) is 0 Å². The topological polar surface area (TPSA) is 58.6 Å². The largest absolute Gasteiger partial charge is 0.483 e. The lowest BCUT2D eigenvalue weighted by atomic mass is 10.0. The summed E-state index contributed by atoms with van der Waals surface area (Å²) in [6, 6.07) is 20.5. The van der Waals surface area contributed by atoms with Gasteiger partial charge in [-0.15, -0.1) is 0 Å². The van der Waals surface area contributed by atoms with E-state index >= 15 is 0 Å². The first-order chi connectivity index (χ1) is 16.4. The van der Waals surface area contributed by atoms with Crippen LogP contribution in [0.3, 0.4) is 0 Å². The smallest absolute Gasteiger partial charge is 0.261 e. The molecule has 3 aromatic rings. The van der Waals surface area contributed by atoms with Crippen molar-refractivity contribution >= 4 is 11.8 Å². The van der Waals surface area contributed by atoms with Crippen molar-refractivity contribution in [2.45, 2.75) is 39.8 Å². The van der Waals surface area contributed by atoms with Crippen molar-refractivity contribution in [1.29, 1.82) is 0 Å². The van der Waals surface area contributed by atoms with Crippen molar-refractivity contribution in [3.05, 3.63) is 101 Å². The van der Waals surface area contributed by atoms with Crippen molar-refractivity contribution < 1.29 is 18.7 Å². The van der Waals surface area contributed by atoms with Crippen molar-refractivity contribution in [2.75, 3.05) is 13.2 Å². The van der Waals surface area contributed by atoms with Gasteiger partial charge in [0.15, 0.2) is 6.61 Å². The Morgan fingerprint density at radius 1 is 0.941 bits per heavy atom. The van der Waals surface area contributed by atoms with Gasteiger partial charge < -0.3 is 15.0 Å². The highest BCUT2D eigenvalue weighted by Gasteiger charge is 2.30. The van der Waals surface area contributed by atoms with Crippen molar-refractivity contribution in [1.82, 2.24) is 10.2 Å². The van der Waals surface area contributed by atoms with Crippen LogP contribution in [0.5, 0.6) is 5.75 Å². The van der Waals surface area contributed by atoms with Crippen LogP contribution in [0.15, 0.2) is 72.8 Å². The molecule has 3 rings (SSSR count). The number of rotatable bonds is 10. The summed E-state index contributed by atoms with van der Waals surface area (Å²) >= 11 is 0. The molecule has 0 radical (unpaired) electrons. The molecule has 3 aromatic carbocycles. The van der Waals surface area contributed by atoms with E-state index in [4.69, 9.17) is 4.74 Å². The second kappa shape index (κ2) is 12.0. The maximum Gasteiger partial charge on any atom is 0.261 e. The lowest BCUT2D eigenvalue weighted by Gasteiger charge is -2.31. The van der Waals surface area contributed by atoms with Gasteiger partial charge >= 0.3 is 0 Å². The van der Waals surface area contributed by atoms with E-state index in [1.807, 2.05) is 69.3 Å². The lowest BCUT2D eigenvalue weighted by molar-refractivity contribution is -0.142. The Balaban J connectivity index is 1.90. The van der Waals surface area contributed by atoms with Gasteiger partial charge in [0.1, 0.15) is 17.6 Å². The molecule has 0 aromatic heterocycles. The molecule has 0 unspecified atom stereocenters. The molecule has 0 aliphatic rings. The van der Waals surface area contributed by atoms with E-state index in [-0.39, 0.29) is 30.8 Å². The van der Waals surface area contributed by atoms with Gasteiger partial charge in [-0.1, -0.05) is 54.6 Å². The van der Waals surface area contributed by atoms with Gasteiger partial charge in [0.05, 0.1) is 0 Å². The molecule has 0 saturated heterocycles. The molecule has 0 bridgehead atoms. The van der Waals surface area contributed by atoms with Crippen LogP contribution >= 0.6 is 0 Å². The van der Waals surface area contributed by atoms with Gasteiger partial charge in [-0.05, 0) is 61.2 Å². The van der Waals surface area contributed by atoms with Crippen molar-refractivity contribution in [2.24, 2.45) is 0 Å². The molecule has 5 nitrogen and oxygen atoms in total. The molecule has 1 atom stereocenters. The highest BCUT2D eigenvalue weighted by atomic mass is 19.1. The fraction of sp³-hybridized carbons (Fsp3) is 0.286. The van der Waals surface area contributed by atoms with Crippen LogP contribution in [0, 0.1) is 19.7 Å². The van der Waals surface area contributed by atoms with Crippen LogP contribution in [0.4, 0.5) is 4.39 Å². The van der Waals surface area contributed by atoms with Gasteiger partial charge in [0.2, 0.25) is 5.91 Å². The summed E-state index contributed by atoms with van der Waals surface area (Å²) in [4.78, 5) is 28.1. The van der Waals surface area contributed by atoms with Crippen LogP contribution in [-0.2, 0) is 22.6 Å². The van der Waals surface area contributed by atoms with E-state index in [9.17, 15) is 14.0 Å². The van der Waals surface area contributed by atoms with E-state index < -0.39 is 6.04 Å². The standard InChI is InChI=1S/C28H31FN2O3/c1-4-30-28(33)25(17-22-10-6-5-7-11-22)31(18-23-13-15-24(29)16-14-23)27(32)19-34-26-12-8-9-20(2)21(26)3/h5-16,25H,4,17-19H2,1-3H3,(H,30,33)/t25-/m1/s1. The number of carbonyl (C=O) groups is 2. The van der Waals surface area contributed by atoms with Crippen LogP contribution in [0.1, 0.15) is 29.2 Å². The highest BCUT2D eigenvalue weighted by molar-refractivity contribution is 5.88. The van der Waals surface area contributed by atoms with Gasteiger partial charge in [-0.25, -0.2) is 4.39 Å². The Bertz CT molecular complexity index is 1100. The fourth-order valence-corrected chi connectivity index (χ4v) is 3.74. The average molecular weight is 463 g/mol. The molecular weight excluding hydrogens is 431 g/mol. The first-order valence-electron chi connectivity index (χ1n) is 11.4. The number of ether oxygens (including phenoxy) is 1. The average Bonchev–Trinajstić information content (AvgIpc) is 2.84. The number of nitrogens with zero attached hydrogens (tertiary/aromatic N) is 1. The summed E-state index contributed by atoms with van der Waals surface area (Å²) < 4.78 is 19.3. The van der Waals surface area contributed by atoms with Gasteiger partial charge in [0, 0.05) is 19.5 Å². The van der Waals surface area contributed by atoms with Crippen LogP contribution in [0.25, 0.3) is 0 Å². The highest BCUT2D eigenvalue weighted by Crippen LogP contribution is 2.21. The predicted octanol–water partition coefficient (Wildman–Crippen LogP) is 4.60. The Morgan fingerprint density at radius 2 is 1.65 bits per heavy atom. The first-order valence-corrected chi connectivity index (χ1v) is 11.4. The number of hydrogen-bond acceptors (Lipinski definition) is 3. The minimum atomic E-state index is -0.748. The molecule has 6 heteroatoms. The normalized spacial score (nSPS) is 11.5. The number of nitrogens with one attached hydrogen (secondary N) is 1. The number of carbonyl (C=O) groups excluding carboxylic acids is 2. The maximum absolute atomic E-state index is 13.5. The van der Waals surface area contributed by atoms with Crippen molar-refractivity contribution in [3.8, 4) is 5.75 Å². The van der Waals surface area contributed by atoms with E-state index in [0.717, 1.165) is 22.3 Å². The summed E-state index contributed by atoms with van der Waals surface area (Å²) in [5.41, 5.74) is 3.69. The van der Waals surface area contributed by atoms with Crippen LogP contribution < -0.4 is 10.1 Å². The first kappa shape index (κ1) is 25.0. The molecule has 2 amide bonds. The third-order valence-corrected chi connectivity index (χ3v) is 5.79. The SMILES string of the molecule is CCNC(=O)[C@@H](Cc1ccccc1)N(Cc1ccc(F)cc1)C(=O)COc1cccc(C)c1C. The van der Waals surface area contributed by atoms with E-state index in [2.05, 4.69) is 5.32 Å². The molecular formula is C28H31FN2O3. The molecule has 0 aliphatic heterocycles. The van der Waals surface area contributed by atoms with E-state index in [1.165, 1.54) is 17.0 Å². The van der Waals surface area contributed by atoms with Gasteiger partial charge in [0.25, 0.3) is 5.91 Å². The number of likely N-dealkylation sites (N-methyl/N-ethyl adjacent to an activating group) is 1. The zero-order valence-corrected chi connectivity index (χ0v) is 19.9. The van der Waals surface area contributed by atoms with E-state index in [0.29, 0.717) is 18.7 Å². The predicted molar refractivity (Wildman–Crippen MR) is 131 cm³/mol. The summed E-state index contributed by atoms with van der Waals surface area (Å²) in [7, 11) is 0. The molecule has 0 fully saturated rings. The number of amides is 2. The minimum Gasteiger partial charge on any atom is -0.483 e. The molecule has 1 N–H and O–H groups in total. The Kier molecular flexibility index (Phi) is 8.79. The molecule has 0 aliphatic carbocycles. The second-order valence-electron chi connectivity index (χ2n) is 8.23. The molecule has 0 spiro atoms. The summed E-state index contributed by atoms with van der Waals surface area (Å²) in [6.45, 7) is 6.16. The second-order valence-corrected chi connectivity index (χ2v) is 8.23. The number of benzene rings is 3. The van der Waals surface area contributed by atoms with E-state index in [1.54, 1.807) is 12.1 Å². The third-order valence-electron chi connectivity index (χ3n) is 5.79. The molecule has 34 heavy (non-hydrogen) atoms. The third kappa shape index (κ3) is 6.67. The van der Waals surface area contributed by atoms with Crippen LogP contribution in [0.2, 0.25) is 0 Å².